The first-order chi connectivity index (χ1) is 10.1. The van der Waals surface area contributed by atoms with Crippen LogP contribution in [0.2, 0.25) is 0 Å². The van der Waals surface area contributed by atoms with Gasteiger partial charge in [-0.15, -0.1) is 0 Å². The molecule has 3 amide bonds. The average molecular weight is 315 g/mol. The third kappa shape index (κ3) is 6.55. The first-order valence-electron chi connectivity index (χ1n) is 7.20. The molecule has 22 heavy (non-hydrogen) atoms. The van der Waals surface area contributed by atoms with Crippen molar-refractivity contribution in [2.24, 2.45) is 5.92 Å². The predicted molar refractivity (Wildman–Crippen MR) is 79.9 cm³/mol. The Morgan fingerprint density at radius 3 is 1.82 bits per heavy atom. The summed E-state index contributed by atoms with van der Waals surface area (Å²) in [6.45, 7) is 7.79. The Kier molecular flexibility index (Phi) is 8.14. The molecule has 0 aromatic heterocycles. The molecular weight excluding hydrogens is 290 g/mol. The molecule has 0 radical (unpaired) electrons. The number of hydrogen-bond acceptors (Lipinski definition) is 4. The minimum absolute atomic E-state index is 0.0999. The van der Waals surface area contributed by atoms with E-state index >= 15 is 0 Å². The summed E-state index contributed by atoms with van der Waals surface area (Å²) in [6, 6.07) is -2.70. The molecule has 0 heterocycles. The van der Waals surface area contributed by atoms with Crippen molar-refractivity contribution in [1.82, 2.24) is 16.0 Å². The van der Waals surface area contributed by atoms with Crippen LogP contribution in [0.25, 0.3) is 0 Å². The second-order valence-corrected chi connectivity index (χ2v) is 5.36. The van der Waals surface area contributed by atoms with Gasteiger partial charge >= 0.3 is 5.97 Å². The summed E-state index contributed by atoms with van der Waals surface area (Å²) in [4.78, 5) is 45.9. The van der Waals surface area contributed by atoms with E-state index in [1.165, 1.54) is 20.8 Å². The molecule has 0 saturated heterocycles. The van der Waals surface area contributed by atoms with Gasteiger partial charge in [-0.1, -0.05) is 20.3 Å². The van der Waals surface area contributed by atoms with Gasteiger partial charge in [-0.2, -0.15) is 0 Å². The monoisotopic (exact) mass is 315 g/mol. The van der Waals surface area contributed by atoms with E-state index in [1.807, 2.05) is 13.8 Å². The molecule has 8 nitrogen and oxygen atoms in total. The van der Waals surface area contributed by atoms with Crippen molar-refractivity contribution in [3.63, 3.8) is 0 Å². The normalized spacial score (nSPS) is 15.9. The van der Waals surface area contributed by atoms with Crippen LogP contribution in [-0.2, 0) is 19.2 Å². The molecule has 126 valence electrons. The largest absolute Gasteiger partial charge is 0.480 e. The Bertz CT molecular complexity index is 438. The molecule has 0 saturated carbocycles. The van der Waals surface area contributed by atoms with Gasteiger partial charge in [0, 0.05) is 6.92 Å². The zero-order valence-electron chi connectivity index (χ0n) is 13.6. The lowest BCUT2D eigenvalue weighted by atomic mass is 9.98. The number of hydrogen-bond donors (Lipinski definition) is 4. The summed E-state index contributed by atoms with van der Waals surface area (Å²) in [6.07, 6.45) is 0.676. The molecule has 0 rings (SSSR count). The highest BCUT2D eigenvalue weighted by atomic mass is 16.4. The number of carbonyl (C=O) groups excluding carboxylic acids is 3. The van der Waals surface area contributed by atoms with Crippen LogP contribution in [0.15, 0.2) is 0 Å². The highest BCUT2D eigenvalue weighted by molar-refractivity contribution is 5.92. The number of rotatable bonds is 8. The Labute approximate surface area is 130 Å². The maximum absolute atomic E-state index is 12.2. The average Bonchev–Trinajstić information content (AvgIpc) is 2.42. The third-order valence-electron chi connectivity index (χ3n) is 3.34. The molecule has 0 bridgehead atoms. The first kappa shape index (κ1) is 19.9. The second-order valence-electron chi connectivity index (χ2n) is 5.36. The van der Waals surface area contributed by atoms with E-state index in [9.17, 15) is 19.2 Å². The van der Waals surface area contributed by atoms with E-state index in [4.69, 9.17) is 5.11 Å². The van der Waals surface area contributed by atoms with E-state index in [0.717, 1.165) is 0 Å². The number of nitrogens with one attached hydrogen (secondary N) is 3. The van der Waals surface area contributed by atoms with Crippen LogP contribution in [-0.4, -0.2) is 46.9 Å². The third-order valence-corrected chi connectivity index (χ3v) is 3.34. The summed E-state index contributed by atoms with van der Waals surface area (Å²) < 4.78 is 0. The molecule has 4 atom stereocenters. The minimum atomic E-state index is -1.16. The van der Waals surface area contributed by atoms with Crippen molar-refractivity contribution in [3.8, 4) is 0 Å². The van der Waals surface area contributed by atoms with Crippen molar-refractivity contribution in [2.75, 3.05) is 0 Å². The number of aliphatic carboxylic acids is 1. The van der Waals surface area contributed by atoms with Gasteiger partial charge in [0.15, 0.2) is 0 Å². The fourth-order valence-electron chi connectivity index (χ4n) is 1.69. The second kappa shape index (κ2) is 9.01. The van der Waals surface area contributed by atoms with Gasteiger partial charge in [-0.3, -0.25) is 19.2 Å². The smallest absolute Gasteiger partial charge is 0.325 e. The van der Waals surface area contributed by atoms with Gasteiger partial charge < -0.3 is 21.1 Å². The minimum Gasteiger partial charge on any atom is -0.480 e. The summed E-state index contributed by atoms with van der Waals surface area (Å²) >= 11 is 0. The van der Waals surface area contributed by atoms with Crippen molar-refractivity contribution in [3.05, 3.63) is 0 Å². The van der Waals surface area contributed by atoms with Crippen molar-refractivity contribution in [2.45, 2.75) is 59.2 Å². The summed E-state index contributed by atoms with van der Waals surface area (Å²) in [5.74, 6) is -2.68. The van der Waals surface area contributed by atoms with Crippen LogP contribution < -0.4 is 16.0 Å². The molecule has 0 unspecified atom stereocenters. The molecule has 0 fully saturated rings. The van der Waals surface area contributed by atoms with Crippen LogP contribution in [0.1, 0.15) is 41.0 Å². The van der Waals surface area contributed by atoms with Gasteiger partial charge in [0.1, 0.15) is 18.1 Å². The van der Waals surface area contributed by atoms with E-state index in [1.54, 1.807) is 0 Å². The van der Waals surface area contributed by atoms with E-state index in [2.05, 4.69) is 16.0 Å². The van der Waals surface area contributed by atoms with Crippen LogP contribution in [0.3, 0.4) is 0 Å². The summed E-state index contributed by atoms with van der Waals surface area (Å²) in [5, 5.41) is 16.0. The van der Waals surface area contributed by atoms with Gasteiger partial charge in [0.25, 0.3) is 0 Å². The Balaban J connectivity index is 4.73. The predicted octanol–water partition coefficient (Wildman–Crippen LogP) is -0.369. The number of carbonyl (C=O) groups is 4. The highest BCUT2D eigenvalue weighted by Gasteiger charge is 2.28. The molecule has 0 aliphatic rings. The zero-order valence-corrected chi connectivity index (χ0v) is 13.6. The van der Waals surface area contributed by atoms with Crippen molar-refractivity contribution in [1.29, 1.82) is 0 Å². The maximum atomic E-state index is 12.2. The Hall–Kier alpha value is -2.12. The van der Waals surface area contributed by atoms with Crippen molar-refractivity contribution >= 4 is 23.7 Å². The molecule has 4 N–H and O–H groups in total. The maximum Gasteiger partial charge on any atom is 0.325 e. The lowest BCUT2D eigenvalue weighted by Crippen LogP contribution is -2.55. The van der Waals surface area contributed by atoms with Crippen molar-refractivity contribution < 1.29 is 24.3 Å². The lowest BCUT2D eigenvalue weighted by molar-refractivity contribution is -0.141. The summed E-state index contributed by atoms with van der Waals surface area (Å²) in [7, 11) is 0. The fraction of sp³-hybridized carbons (Fsp3) is 0.714. The first-order valence-corrected chi connectivity index (χ1v) is 7.20. The number of carboxylic acid groups (broad SMARTS) is 1. The fourth-order valence-corrected chi connectivity index (χ4v) is 1.69. The standard InChI is InChI=1S/C14H25N3O5/c1-6-7(2)11(17-10(5)18)13(20)15-8(3)12(19)16-9(4)14(21)22/h7-9,11H,6H2,1-5H3,(H,15,20)(H,16,19)(H,17,18)(H,21,22)/t7-,8-,9-,11-/m0/s1. The molecule has 0 aromatic rings. The number of amides is 3. The topological polar surface area (TPSA) is 125 Å². The highest BCUT2D eigenvalue weighted by Crippen LogP contribution is 2.08. The van der Waals surface area contributed by atoms with Gasteiger partial charge in [0.2, 0.25) is 17.7 Å². The number of carboxylic acids is 1. The van der Waals surface area contributed by atoms with Gasteiger partial charge in [-0.25, -0.2) is 0 Å². The molecule has 0 aliphatic carbocycles. The summed E-state index contributed by atoms with van der Waals surface area (Å²) in [5.41, 5.74) is 0. The molecule has 0 aliphatic heterocycles. The SMILES string of the molecule is CC[C@H](C)[C@H](NC(C)=O)C(=O)N[C@@H](C)C(=O)N[C@@H](C)C(=O)O. The lowest BCUT2D eigenvalue weighted by Gasteiger charge is -2.25. The van der Waals surface area contributed by atoms with Crippen LogP contribution in [0.5, 0.6) is 0 Å². The van der Waals surface area contributed by atoms with Crippen LogP contribution in [0.4, 0.5) is 0 Å². The zero-order chi connectivity index (χ0) is 17.4. The van der Waals surface area contributed by atoms with E-state index in [0.29, 0.717) is 6.42 Å². The molecule has 0 spiro atoms. The van der Waals surface area contributed by atoms with E-state index < -0.39 is 35.9 Å². The Morgan fingerprint density at radius 2 is 1.41 bits per heavy atom. The van der Waals surface area contributed by atoms with Gasteiger partial charge in [-0.05, 0) is 19.8 Å². The molecule has 0 aromatic carbocycles. The Morgan fingerprint density at radius 1 is 0.909 bits per heavy atom. The molecular formula is C14H25N3O5. The van der Waals surface area contributed by atoms with E-state index in [-0.39, 0.29) is 11.8 Å². The van der Waals surface area contributed by atoms with Crippen LogP contribution >= 0.6 is 0 Å². The van der Waals surface area contributed by atoms with Crippen LogP contribution in [0, 0.1) is 5.92 Å². The molecule has 8 heteroatoms. The quantitative estimate of drug-likeness (QED) is 0.486. The van der Waals surface area contributed by atoms with Gasteiger partial charge in [0.05, 0.1) is 0 Å².